The normalized spacial score (nSPS) is 10.2. The molecule has 3 nitrogen and oxygen atoms in total. The molecule has 1 aromatic carbocycles. The number of ketones is 1. The minimum Gasteiger partial charge on any atom is -0.466 e. The van der Waals surface area contributed by atoms with E-state index in [1.54, 1.807) is 19.1 Å². The molecule has 0 aliphatic carbocycles. The van der Waals surface area contributed by atoms with Gasteiger partial charge >= 0.3 is 5.97 Å². The molecule has 18 heavy (non-hydrogen) atoms. The predicted octanol–water partition coefficient (Wildman–Crippen LogP) is 3.05. The van der Waals surface area contributed by atoms with Gasteiger partial charge in [-0.05, 0) is 25.0 Å². The molecule has 0 aliphatic rings. The monoisotopic (exact) mass is 252 g/mol. The number of rotatable bonds is 6. The van der Waals surface area contributed by atoms with E-state index in [4.69, 9.17) is 4.74 Å². The molecule has 0 radical (unpaired) electrons. The number of Topliss-reactive ketones (excluding diaryl/α,β-unsaturated/α-hetero) is 1. The van der Waals surface area contributed by atoms with Gasteiger partial charge in [-0.15, -0.1) is 0 Å². The molecule has 0 N–H and O–H groups in total. The first-order valence-corrected chi connectivity index (χ1v) is 5.99. The van der Waals surface area contributed by atoms with Crippen LogP contribution in [0.15, 0.2) is 18.2 Å². The van der Waals surface area contributed by atoms with Gasteiger partial charge in [0.05, 0.1) is 13.0 Å². The Morgan fingerprint density at radius 2 is 2.00 bits per heavy atom. The summed E-state index contributed by atoms with van der Waals surface area (Å²) >= 11 is 0. The number of esters is 1. The van der Waals surface area contributed by atoms with E-state index in [1.165, 1.54) is 6.07 Å². The number of hydrogen-bond acceptors (Lipinski definition) is 3. The molecule has 0 saturated carbocycles. The summed E-state index contributed by atoms with van der Waals surface area (Å²) in [6.45, 7) is 3.89. The zero-order chi connectivity index (χ0) is 13.5. The molecule has 0 atom stereocenters. The maximum Gasteiger partial charge on any atom is 0.306 e. The van der Waals surface area contributed by atoms with Gasteiger partial charge < -0.3 is 4.74 Å². The van der Waals surface area contributed by atoms with E-state index in [0.717, 1.165) is 6.42 Å². The summed E-state index contributed by atoms with van der Waals surface area (Å²) in [7, 11) is 0. The van der Waals surface area contributed by atoms with Crippen LogP contribution in [0.25, 0.3) is 0 Å². The maximum atomic E-state index is 13.3. The first kappa shape index (κ1) is 14.4. The number of halogens is 1. The van der Waals surface area contributed by atoms with Crippen molar-refractivity contribution in [3.8, 4) is 0 Å². The Labute approximate surface area is 106 Å². The van der Waals surface area contributed by atoms with Crippen molar-refractivity contribution in [3.05, 3.63) is 35.1 Å². The standard InChI is InChI=1S/C14H17FO3/c1-3-8-18-14(17)7-6-13(16)11-5-4-10(2)12(15)9-11/h4-5,9H,3,6-8H2,1-2H3. The van der Waals surface area contributed by atoms with E-state index in [-0.39, 0.29) is 18.6 Å². The van der Waals surface area contributed by atoms with E-state index < -0.39 is 11.8 Å². The second-order valence-corrected chi connectivity index (χ2v) is 4.11. The molecule has 98 valence electrons. The third-order valence-corrected chi connectivity index (χ3v) is 2.52. The van der Waals surface area contributed by atoms with E-state index in [9.17, 15) is 14.0 Å². The second-order valence-electron chi connectivity index (χ2n) is 4.11. The zero-order valence-corrected chi connectivity index (χ0v) is 10.7. The summed E-state index contributed by atoms with van der Waals surface area (Å²) in [6.07, 6.45) is 0.836. The first-order chi connectivity index (χ1) is 8.54. The van der Waals surface area contributed by atoms with Crippen LogP contribution in [-0.4, -0.2) is 18.4 Å². The first-order valence-electron chi connectivity index (χ1n) is 5.99. The Bertz CT molecular complexity index is 441. The quantitative estimate of drug-likeness (QED) is 0.577. The molecular formula is C14H17FO3. The lowest BCUT2D eigenvalue weighted by molar-refractivity contribution is -0.143. The zero-order valence-electron chi connectivity index (χ0n) is 10.7. The van der Waals surface area contributed by atoms with Crippen LogP contribution in [0.3, 0.4) is 0 Å². The molecule has 0 heterocycles. The third-order valence-electron chi connectivity index (χ3n) is 2.52. The lowest BCUT2D eigenvalue weighted by Crippen LogP contribution is -2.09. The van der Waals surface area contributed by atoms with Crippen molar-refractivity contribution in [1.29, 1.82) is 0 Å². The average molecular weight is 252 g/mol. The Hall–Kier alpha value is -1.71. The summed E-state index contributed by atoms with van der Waals surface area (Å²) in [4.78, 5) is 22.9. The molecule has 4 heteroatoms. The summed E-state index contributed by atoms with van der Waals surface area (Å²) in [5, 5.41) is 0. The highest BCUT2D eigenvalue weighted by Gasteiger charge is 2.11. The number of hydrogen-bond donors (Lipinski definition) is 0. The highest BCUT2D eigenvalue weighted by molar-refractivity contribution is 5.97. The van der Waals surface area contributed by atoms with Crippen molar-refractivity contribution in [2.45, 2.75) is 33.1 Å². The van der Waals surface area contributed by atoms with Crippen LogP contribution in [0.2, 0.25) is 0 Å². The highest BCUT2D eigenvalue weighted by Crippen LogP contribution is 2.12. The van der Waals surface area contributed by atoms with Crippen molar-refractivity contribution in [3.63, 3.8) is 0 Å². The number of ether oxygens (including phenoxy) is 1. The smallest absolute Gasteiger partial charge is 0.306 e. The molecule has 1 rings (SSSR count). The molecule has 1 aromatic rings. The molecule has 0 saturated heterocycles. The van der Waals surface area contributed by atoms with Gasteiger partial charge in [-0.3, -0.25) is 9.59 Å². The molecule has 0 fully saturated rings. The minimum absolute atomic E-state index is 0.0360. The number of carbonyl (C=O) groups excluding carboxylic acids is 2. The highest BCUT2D eigenvalue weighted by atomic mass is 19.1. The van der Waals surface area contributed by atoms with Crippen molar-refractivity contribution in [2.75, 3.05) is 6.61 Å². The number of benzene rings is 1. The van der Waals surface area contributed by atoms with Crippen molar-refractivity contribution >= 4 is 11.8 Å². The lowest BCUT2D eigenvalue weighted by Gasteiger charge is -2.04. The lowest BCUT2D eigenvalue weighted by atomic mass is 10.0. The largest absolute Gasteiger partial charge is 0.466 e. The van der Waals surface area contributed by atoms with Gasteiger partial charge in [0.15, 0.2) is 5.78 Å². The molecule has 0 spiro atoms. The minimum atomic E-state index is -0.408. The number of carbonyl (C=O) groups is 2. The van der Waals surface area contributed by atoms with Crippen LogP contribution in [0.5, 0.6) is 0 Å². The third kappa shape index (κ3) is 4.28. The van der Waals surface area contributed by atoms with Crippen LogP contribution in [0.1, 0.15) is 42.1 Å². The fraction of sp³-hybridized carbons (Fsp3) is 0.429. The van der Waals surface area contributed by atoms with Gasteiger partial charge in [-0.25, -0.2) is 4.39 Å². The second kappa shape index (κ2) is 6.89. The van der Waals surface area contributed by atoms with Crippen LogP contribution in [0, 0.1) is 12.7 Å². The predicted molar refractivity (Wildman–Crippen MR) is 66.0 cm³/mol. The molecular weight excluding hydrogens is 235 g/mol. The van der Waals surface area contributed by atoms with E-state index in [1.807, 2.05) is 6.92 Å². The SMILES string of the molecule is CCCOC(=O)CCC(=O)c1ccc(C)c(F)c1. The van der Waals surface area contributed by atoms with Crippen molar-refractivity contribution in [2.24, 2.45) is 0 Å². The van der Waals surface area contributed by atoms with Crippen LogP contribution < -0.4 is 0 Å². The topological polar surface area (TPSA) is 43.4 Å². The summed E-state index contributed by atoms with van der Waals surface area (Å²) < 4.78 is 18.1. The van der Waals surface area contributed by atoms with Crippen molar-refractivity contribution in [1.82, 2.24) is 0 Å². The summed E-state index contributed by atoms with van der Waals surface area (Å²) in [5.41, 5.74) is 0.787. The van der Waals surface area contributed by atoms with Crippen molar-refractivity contribution < 1.29 is 18.7 Å². The Kier molecular flexibility index (Phi) is 5.49. The summed E-state index contributed by atoms with van der Waals surface area (Å²) in [5.74, 6) is -1.05. The molecule has 0 aromatic heterocycles. The molecule has 0 bridgehead atoms. The fourth-order valence-corrected chi connectivity index (χ4v) is 1.41. The average Bonchev–Trinajstić information content (AvgIpc) is 2.36. The van der Waals surface area contributed by atoms with Gasteiger partial charge in [0, 0.05) is 12.0 Å². The molecule has 0 aliphatic heterocycles. The van der Waals surface area contributed by atoms with Gasteiger partial charge in [0.1, 0.15) is 5.82 Å². The van der Waals surface area contributed by atoms with E-state index in [2.05, 4.69) is 0 Å². The van der Waals surface area contributed by atoms with E-state index >= 15 is 0 Å². The van der Waals surface area contributed by atoms with Gasteiger partial charge in [-0.2, -0.15) is 0 Å². The van der Waals surface area contributed by atoms with Crippen LogP contribution in [-0.2, 0) is 9.53 Å². The van der Waals surface area contributed by atoms with Crippen LogP contribution >= 0.6 is 0 Å². The number of aryl methyl sites for hydroxylation is 1. The Morgan fingerprint density at radius 3 is 2.61 bits per heavy atom. The Morgan fingerprint density at radius 1 is 1.28 bits per heavy atom. The van der Waals surface area contributed by atoms with Gasteiger partial charge in [0.25, 0.3) is 0 Å². The molecule has 0 amide bonds. The summed E-state index contributed by atoms with van der Waals surface area (Å²) in [6, 6.07) is 4.32. The van der Waals surface area contributed by atoms with Gasteiger partial charge in [-0.1, -0.05) is 19.1 Å². The fourth-order valence-electron chi connectivity index (χ4n) is 1.41. The maximum absolute atomic E-state index is 13.3. The molecule has 0 unspecified atom stereocenters. The Balaban J connectivity index is 2.50. The van der Waals surface area contributed by atoms with Gasteiger partial charge in [0.2, 0.25) is 0 Å². The van der Waals surface area contributed by atoms with E-state index in [0.29, 0.717) is 17.7 Å². The van der Waals surface area contributed by atoms with Crippen LogP contribution in [0.4, 0.5) is 4.39 Å².